The highest BCUT2D eigenvalue weighted by atomic mass is 16.7. The molecule has 0 aromatic rings. The highest BCUT2D eigenvalue weighted by molar-refractivity contribution is 5.75. The number of nitrogens with two attached hydrogens (primary N) is 2. The molecule has 8 nitrogen and oxygen atoms in total. The topological polar surface area (TPSA) is 159 Å². The van der Waals surface area contributed by atoms with Crippen molar-refractivity contribution in [3.8, 4) is 0 Å². The van der Waals surface area contributed by atoms with Crippen LogP contribution in [0, 0.1) is 0 Å². The summed E-state index contributed by atoms with van der Waals surface area (Å²) >= 11 is 0. The SMILES string of the molecule is C[C@@H](O)[C@@H](N)[C@@H]1OC(O)(C(=O)O)C[C@@H](O)[C@H]1N. The average molecular weight is 250 g/mol. The number of carboxylic acids is 1. The van der Waals surface area contributed by atoms with Crippen molar-refractivity contribution in [1.82, 2.24) is 0 Å². The van der Waals surface area contributed by atoms with Gasteiger partial charge in [-0.2, -0.15) is 0 Å². The maximum absolute atomic E-state index is 10.8. The van der Waals surface area contributed by atoms with Gasteiger partial charge in [-0.15, -0.1) is 0 Å². The van der Waals surface area contributed by atoms with E-state index in [1.54, 1.807) is 0 Å². The zero-order valence-electron chi connectivity index (χ0n) is 9.35. The molecule has 1 aliphatic rings. The summed E-state index contributed by atoms with van der Waals surface area (Å²) in [7, 11) is 0. The molecule has 0 spiro atoms. The van der Waals surface area contributed by atoms with Crippen molar-refractivity contribution in [2.24, 2.45) is 11.5 Å². The zero-order chi connectivity index (χ0) is 13.4. The van der Waals surface area contributed by atoms with Crippen LogP contribution in [0.2, 0.25) is 0 Å². The van der Waals surface area contributed by atoms with Crippen LogP contribution in [0.4, 0.5) is 0 Å². The molecule has 17 heavy (non-hydrogen) atoms. The van der Waals surface area contributed by atoms with Crippen LogP contribution in [0.25, 0.3) is 0 Å². The highest BCUT2D eigenvalue weighted by Gasteiger charge is 2.51. The van der Waals surface area contributed by atoms with Gasteiger partial charge in [0.25, 0.3) is 5.79 Å². The van der Waals surface area contributed by atoms with E-state index in [-0.39, 0.29) is 0 Å². The standard InChI is InChI=1S/C9H18N2O6/c1-3(12)5(10)7-6(11)4(13)2-9(16,17-7)8(14)15/h3-7,12-13,16H,2,10-11H2,1H3,(H,14,15)/t3-,4-,5-,6-,7+,9?/m1/s1. The van der Waals surface area contributed by atoms with Gasteiger partial charge in [-0.3, -0.25) is 0 Å². The minimum atomic E-state index is -2.54. The fraction of sp³-hybridized carbons (Fsp3) is 0.889. The Labute approximate surface area is 97.8 Å². The minimum Gasteiger partial charge on any atom is -0.477 e. The van der Waals surface area contributed by atoms with E-state index in [1.165, 1.54) is 6.92 Å². The number of hydrogen-bond donors (Lipinski definition) is 6. The lowest BCUT2D eigenvalue weighted by Crippen LogP contribution is -2.66. The summed E-state index contributed by atoms with van der Waals surface area (Å²) in [6.07, 6.45) is -4.00. The summed E-state index contributed by atoms with van der Waals surface area (Å²) in [5.41, 5.74) is 11.2. The van der Waals surface area contributed by atoms with Crippen molar-refractivity contribution in [2.45, 2.75) is 49.5 Å². The summed E-state index contributed by atoms with van der Waals surface area (Å²) in [6, 6.07) is -1.98. The molecule has 1 rings (SSSR count). The molecule has 0 radical (unpaired) electrons. The Morgan fingerprint density at radius 2 is 2.12 bits per heavy atom. The maximum atomic E-state index is 10.8. The predicted octanol–water partition coefficient (Wildman–Crippen LogP) is -3.06. The fourth-order valence-electron chi connectivity index (χ4n) is 1.74. The number of aliphatic hydroxyl groups excluding tert-OH is 2. The molecule has 6 atom stereocenters. The van der Waals surface area contributed by atoms with Gasteiger partial charge in [0.2, 0.25) is 0 Å². The molecular formula is C9H18N2O6. The Balaban J connectivity index is 2.93. The average Bonchev–Trinajstić information content (AvgIpc) is 2.22. The van der Waals surface area contributed by atoms with Gasteiger partial charge in [0.05, 0.1) is 30.4 Å². The van der Waals surface area contributed by atoms with Crippen molar-refractivity contribution in [3.05, 3.63) is 0 Å². The van der Waals surface area contributed by atoms with Crippen molar-refractivity contribution >= 4 is 5.97 Å². The molecule has 1 unspecified atom stereocenters. The predicted molar refractivity (Wildman–Crippen MR) is 55.7 cm³/mol. The fourth-order valence-corrected chi connectivity index (χ4v) is 1.74. The van der Waals surface area contributed by atoms with Gasteiger partial charge in [0.15, 0.2) is 0 Å². The smallest absolute Gasteiger partial charge is 0.364 e. The van der Waals surface area contributed by atoms with Crippen LogP contribution < -0.4 is 11.5 Å². The van der Waals surface area contributed by atoms with Gasteiger partial charge in [0.1, 0.15) is 0 Å². The molecule has 0 amide bonds. The van der Waals surface area contributed by atoms with Gasteiger partial charge >= 0.3 is 5.97 Å². The first-order valence-corrected chi connectivity index (χ1v) is 5.20. The minimum absolute atomic E-state index is 0.549. The van der Waals surface area contributed by atoms with Crippen LogP contribution in [0.5, 0.6) is 0 Å². The van der Waals surface area contributed by atoms with Crippen molar-refractivity contribution < 1.29 is 30.0 Å². The normalized spacial score (nSPS) is 41.9. The Hall–Kier alpha value is -0.770. The lowest BCUT2D eigenvalue weighted by Gasteiger charge is -2.43. The third kappa shape index (κ3) is 2.73. The van der Waals surface area contributed by atoms with Gasteiger partial charge in [-0.25, -0.2) is 4.79 Å². The molecule has 1 fully saturated rings. The first-order valence-electron chi connectivity index (χ1n) is 5.20. The van der Waals surface area contributed by atoms with Crippen molar-refractivity contribution in [3.63, 3.8) is 0 Å². The summed E-state index contributed by atoms with van der Waals surface area (Å²) in [5.74, 6) is -4.17. The second-order valence-electron chi connectivity index (χ2n) is 4.34. The number of hydrogen-bond acceptors (Lipinski definition) is 7. The number of carbonyl (C=O) groups is 1. The quantitative estimate of drug-likeness (QED) is 0.308. The van der Waals surface area contributed by atoms with Crippen LogP contribution in [0.3, 0.4) is 0 Å². The van der Waals surface area contributed by atoms with E-state index in [0.717, 1.165) is 0 Å². The summed E-state index contributed by atoms with van der Waals surface area (Å²) in [5, 5.41) is 37.4. The Bertz CT molecular complexity index is 295. The van der Waals surface area contributed by atoms with E-state index in [0.29, 0.717) is 0 Å². The molecule has 0 saturated carbocycles. The van der Waals surface area contributed by atoms with Crippen LogP contribution in [0.15, 0.2) is 0 Å². The van der Waals surface area contributed by atoms with Crippen LogP contribution in [0.1, 0.15) is 13.3 Å². The summed E-state index contributed by atoms with van der Waals surface area (Å²) in [6.45, 7) is 1.38. The second kappa shape index (κ2) is 4.84. The molecule has 8 N–H and O–H groups in total. The van der Waals surface area contributed by atoms with E-state index >= 15 is 0 Å². The first-order chi connectivity index (χ1) is 7.69. The largest absolute Gasteiger partial charge is 0.477 e. The summed E-state index contributed by atoms with van der Waals surface area (Å²) in [4.78, 5) is 10.8. The molecule has 8 heteroatoms. The maximum Gasteiger partial charge on any atom is 0.364 e. The van der Waals surface area contributed by atoms with Gasteiger partial charge in [0, 0.05) is 6.42 Å². The molecule has 0 aromatic heterocycles. The Morgan fingerprint density at radius 1 is 1.59 bits per heavy atom. The monoisotopic (exact) mass is 250 g/mol. The van der Waals surface area contributed by atoms with Crippen LogP contribution in [-0.2, 0) is 9.53 Å². The number of carboxylic acid groups (broad SMARTS) is 1. The molecule has 0 aromatic carbocycles. The van der Waals surface area contributed by atoms with Crippen molar-refractivity contribution in [2.75, 3.05) is 0 Å². The molecule has 0 aliphatic carbocycles. The lowest BCUT2D eigenvalue weighted by atomic mass is 9.89. The lowest BCUT2D eigenvalue weighted by molar-refractivity contribution is -0.279. The van der Waals surface area contributed by atoms with E-state index < -0.39 is 48.6 Å². The number of ether oxygens (including phenoxy) is 1. The number of rotatable bonds is 3. The first kappa shape index (κ1) is 14.3. The highest BCUT2D eigenvalue weighted by Crippen LogP contribution is 2.28. The molecule has 100 valence electrons. The van der Waals surface area contributed by atoms with Gasteiger partial charge < -0.3 is 36.6 Å². The second-order valence-corrected chi connectivity index (χ2v) is 4.34. The Kier molecular flexibility index (Phi) is 4.07. The molecule has 1 heterocycles. The third-order valence-electron chi connectivity index (χ3n) is 2.91. The van der Waals surface area contributed by atoms with E-state index in [4.69, 9.17) is 21.3 Å². The molecular weight excluding hydrogens is 232 g/mol. The van der Waals surface area contributed by atoms with Gasteiger partial charge in [-0.1, -0.05) is 0 Å². The molecule has 1 saturated heterocycles. The van der Waals surface area contributed by atoms with E-state index in [9.17, 15) is 20.1 Å². The number of aliphatic hydroxyl groups is 3. The van der Waals surface area contributed by atoms with Crippen LogP contribution >= 0.6 is 0 Å². The van der Waals surface area contributed by atoms with Gasteiger partial charge in [-0.05, 0) is 6.92 Å². The molecule has 0 bridgehead atoms. The Morgan fingerprint density at radius 3 is 2.53 bits per heavy atom. The van der Waals surface area contributed by atoms with E-state index in [1.807, 2.05) is 0 Å². The van der Waals surface area contributed by atoms with E-state index in [2.05, 4.69) is 0 Å². The van der Waals surface area contributed by atoms with Crippen molar-refractivity contribution in [1.29, 1.82) is 0 Å². The summed E-state index contributed by atoms with van der Waals surface area (Å²) < 4.78 is 4.93. The number of aliphatic carboxylic acids is 1. The zero-order valence-corrected chi connectivity index (χ0v) is 9.35. The third-order valence-corrected chi connectivity index (χ3v) is 2.91. The molecule has 1 aliphatic heterocycles. The van der Waals surface area contributed by atoms with Crippen LogP contribution in [-0.4, -0.2) is 62.6 Å².